The SMILES string of the molecule is CCN1CCCCCCC1=NC(c1ccccc1)c1ccco1. The standard InChI is InChI=1S/C20H26N2O/c1-2-22-15-9-4-3-8-14-19(22)21-20(18-13-10-16-23-18)17-11-6-5-7-12-17/h5-7,10-13,16,20H,2-4,8-9,14-15H2,1H3. The minimum Gasteiger partial charge on any atom is -0.467 e. The van der Waals surface area contributed by atoms with Crippen molar-refractivity contribution < 1.29 is 4.42 Å². The van der Waals surface area contributed by atoms with Gasteiger partial charge in [-0.25, -0.2) is 0 Å². The second-order valence-electron chi connectivity index (χ2n) is 6.12. The Balaban J connectivity index is 1.95. The van der Waals surface area contributed by atoms with E-state index in [0.29, 0.717) is 0 Å². The molecule has 0 aliphatic carbocycles. The molecule has 1 aromatic carbocycles. The van der Waals surface area contributed by atoms with Gasteiger partial charge >= 0.3 is 0 Å². The Morgan fingerprint density at radius 1 is 1.04 bits per heavy atom. The van der Waals surface area contributed by atoms with Crippen LogP contribution in [0.1, 0.15) is 56.4 Å². The van der Waals surface area contributed by atoms with Crippen molar-refractivity contribution in [3.8, 4) is 0 Å². The molecule has 0 spiro atoms. The minimum atomic E-state index is -0.0466. The van der Waals surface area contributed by atoms with Crippen molar-refractivity contribution in [2.24, 2.45) is 4.99 Å². The van der Waals surface area contributed by atoms with Gasteiger partial charge in [-0.1, -0.05) is 43.2 Å². The van der Waals surface area contributed by atoms with Gasteiger partial charge in [0.2, 0.25) is 0 Å². The van der Waals surface area contributed by atoms with Crippen LogP contribution < -0.4 is 0 Å². The van der Waals surface area contributed by atoms with Crippen molar-refractivity contribution in [3.05, 3.63) is 60.1 Å². The number of furan rings is 1. The van der Waals surface area contributed by atoms with Crippen LogP contribution >= 0.6 is 0 Å². The van der Waals surface area contributed by atoms with Crippen LogP contribution in [0.15, 0.2) is 58.1 Å². The molecule has 23 heavy (non-hydrogen) atoms. The third-order valence-corrected chi connectivity index (χ3v) is 4.53. The molecule has 1 saturated heterocycles. The lowest BCUT2D eigenvalue weighted by atomic mass is 10.0. The molecule has 1 unspecified atom stereocenters. The Labute approximate surface area is 139 Å². The smallest absolute Gasteiger partial charge is 0.135 e. The Kier molecular flexibility index (Phi) is 5.51. The van der Waals surface area contributed by atoms with Crippen molar-refractivity contribution >= 4 is 5.84 Å². The Bertz CT molecular complexity index is 604. The average molecular weight is 310 g/mol. The summed E-state index contributed by atoms with van der Waals surface area (Å²) in [6.45, 7) is 4.37. The van der Waals surface area contributed by atoms with E-state index >= 15 is 0 Å². The van der Waals surface area contributed by atoms with E-state index in [-0.39, 0.29) is 6.04 Å². The van der Waals surface area contributed by atoms with Crippen LogP contribution in [-0.4, -0.2) is 23.8 Å². The van der Waals surface area contributed by atoms with Gasteiger partial charge in [-0.15, -0.1) is 0 Å². The van der Waals surface area contributed by atoms with E-state index in [9.17, 15) is 0 Å². The highest BCUT2D eigenvalue weighted by atomic mass is 16.3. The monoisotopic (exact) mass is 310 g/mol. The summed E-state index contributed by atoms with van der Waals surface area (Å²) in [5.74, 6) is 2.15. The molecule has 3 heteroatoms. The molecule has 0 N–H and O–H groups in total. The Morgan fingerprint density at radius 2 is 1.87 bits per heavy atom. The number of nitrogens with zero attached hydrogens (tertiary/aromatic N) is 2. The lowest BCUT2D eigenvalue weighted by Crippen LogP contribution is -2.33. The van der Waals surface area contributed by atoms with E-state index in [4.69, 9.17) is 9.41 Å². The molecule has 1 aromatic heterocycles. The van der Waals surface area contributed by atoms with Crippen LogP contribution in [0.4, 0.5) is 0 Å². The van der Waals surface area contributed by atoms with Crippen molar-refractivity contribution in [1.29, 1.82) is 0 Å². The van der Waals surface area contributed by atoms with Gasteiger partial charge in [0.1, 0.15) is 17.6 Å². The molecular formula is C20H26N2O. The summed E-state index contributed by atoms with van der Waals surface area (Å²) >= 11 is 0. The molecule has 1 fully saturated rings. The second kappa shape index (κ2) is 8.00. The van der Waals surface area contributed by atoms with Gasteiger partial charge in [-0.2, -0.15) is 0 Å². The molecule has 0 bridgehead atoms. The molecule has 0 saturated carbocycles. The number of amidine groups is 1. The van der Waals surface area contributed by atoms with Crippen LogP contribution in [0.3, 0.4) is 0 Å². The Hall–Kier alpha value is -2.03. The predicted molar refractivity (Wildman–Crippen MR) is 94.8 cm³/mol. The predicted octanol–water partition coefficient (Wildman–Crippen LogP) is 5.05. The molecule has 122 valence electrons. The van der Waals surface area contributed by atoms with Crippen molar-refractivity contribution in [3.63, 3.8) is 0 Å². The zero-order chi connectivity index (χ0) is 15.9. The summed E-state index contributed by atoms with van der Waals surface area (Å²) in [4.78, 5) is 7.59. The highest BCUT2D eigenvalue weighted by Crippen LogP contribution is 2.28. The number of benzene rings is 1. The maximum Gasteiger partial charge on any atom is 0.135 e. The third-order valence-electron chi connectivity index (χ3n) is 4.53. The van der Waals surface area contributed by atoms with Crippen LogP contribution in [0.2, 0.25) is 0 Å². The van der Waals surface area contributed by atoms with Gasteiger partial charge in [0, 0.05) is 19.5 Å². The van der Waals surface area contributed by atoms with Crippen molar-refractivity contribution in [2.45, 2.75) is 45.1 Å². The summed E-state index contributed by atoms with van der Waals surface area (Å²) in [7, 11) is 0. The van der Waals surface area contributed by atoms with Gasteiger partial charge in [0.05, 0.1) is 6.26 Å². The van der Waals surface area contributed by atoms with E-state index < -0.39 is 0 Å². The second-order valence-corrected chi connectivity index (χ2v) is 6.12. The molecule has 2 heterocycles. The van der Waals surface area contributed by atoms with Gasteiger partial charge in [-0.05, 0) is 37.5 Å². The molecule has 3 rings (SSSR count). The van der Waals surface area contributed by atoms with Gasteiger partial charge < -0.3 is 9.32 Å². The topological polar surface area (TPSA) is 28.7 Å². The normalized spacial score (nSPS) is 19.3. The molecule has 3 nitrogen and oxygen atoms in total. The largest absolute Gasteiger partial charge is 0.467 e. The first-order chi connectivity index (χ1) is 11.4. The fraction of sp³-hybridized carbons (Fsp3) is 0.450. The molecule has 0 amide bonds. The number of hydrogen-bond donors (Lipinski definition) is 0. The number of aliphatic imine (C=N–C) groups is 1. The maximum atomic E-state index is 5.69. The maximum absolute atomic E-state index is 5.69. The first-order valence-electron chi connectivity index (χ1n) is 8.78. The molecule has 1 aliphatic heterocycles. The first kappa shape index (κ1) is 15.9. The van der Waals surface area contributed by atoms with E-state index in [1.165, 1.54) is 37.1 Å². The summed E-state index contributed by atoms with van der Waals surface area (Å²) in [5.41, 5.74) is 1.19. The Morgan fingerprint density at radius 3 is 2.61 bits per heavy atom. The van der Waals surface area contributed by atoms with Gasteiger partial charge in [0.25, 0.3) is 0 Å². The minimum absolute atomic E-state index is 0.0466. The summed E-state index contributed by atoms with van der Waals surface area (Å²) in [5, 5.41) is 0. The lowest BCUT2D eigenvalue weighted by molar-refractivity contribution is 0.389. The highest BCUT2D eigenvalue weighted by Gasteiger charge is 2.19. The van der Waals surface area contributed by atoms with Crippen LogP contribution in [0.5, 0.6) is 0 Å². The van der Waals surface area contributed by atoms with E-state index in [0.717, 1.165) is 25.3 Å². The third kappa shape index (κ3) is 4.04. The van der Waals surface area contributed by atoms with Gasteiger partial charge in [-0.3, -0.25) is 4.99 Å². The highest BCUT2D eigenvalue weighted by molar-refractivity contribution is 5.82. The first-order valence-corrected chi connectivity index (χ1v) is 8.78. The zero-order valence-electron chi connectivity index (χ0n) is 13.9. The fourth-order valence-electron chi connectivity index (χ4n) is 3.25. The lowest BCUT2D eigenvalue weighted by Gasteiger charge is -2.28. The summed E-state index contributed by atoms with van der Waals surface area (Å²) < 4.78 is 5.69. The van der Waals surface area contributed by atoms with Crippen molar-refractivity contribution in [1.82, 2.24) is 4.90 Å². The van der Waals surface area contributed by atoms with Gasteiger partial charge in [0.15, 0.2) is 0 Å². The zero-order valence-corrected chi connectivity index (χ0v) is 13.9. The molecular weight excluding hydrogens is 284 g/mol. The van der Waals surface area contributed by atoms with Crippen molar-refractivity contribution in [2.75, 3.05) is 13.1 Å². The average Bonchev–Trinajstić information content (AvgIpc) is 3.09. The number of hydrogen-bond acceptors (Lipinski definition) is 2. The summed E-state index contributed by atoms with van der Waals surface area (Å²) in [6, 6.07) is 14.4. The quantitative estimate of drug-likeness (QED) is 0.790. The fourth-order valence-corrected chi connectivity index (χ4v) is 3.25. The van der Waals surface area contributed by atoms with Crippen LogP contribution in [0.25, 0.3) is 0 Å². The molecule has 1 aliphatic rings. The van der Waals surface area contributed by atoms with E-state index in [2.05, 4.69) is 36.1 Å². The number of rotatable bonds is 4. The molecule has 0 radical (unpaired) electrons. The van der Waals surface area contributed by atoms with E-state index in [1.807, 2.05) is 18.2 Å². The molecule has 1 atom stereocenters. The van der Waals surface area contributed by atoms with Crippen LogP contribution in [-0.2, 0) is 0 Å². The molecule has 2 aromatic rings. The van der Waals surface area contributed by atoms with E-state index in [1.54, 1.807) is 6.26 Å². The van der Waals surface area contributed by atoms with Crippen LogP contribution in [0, 0.1) is 0 Å². The summed E-state index contributed by atoms with van der Waals surface area (Å²) in [6.07, 6.45) is 7.95. The number of likely N-dealkylation sites (tertiary alicyclic amines) is 1.